The fraction of sp³-hybridized carbons (Fsp3) is 0.778. The van der Waals surface area contributed by atoms with Crippen molar-refractivity contribution < 1.29 is 23.5 Å². The van der Waals surface area contributed by atoms with Gasteiger partial charge in [0.25, 0.3) is 0 Å². The summed E-state index contributed by atoms with van der Waals surface area (Å²) in [5, 5.41) is 0.172. The molecule has 1 rings (SSSR count). The number of methoxy groups -OCH3 is 1. The zero-order valence-corrected chi connectivity index (χ0v) is 17.7. The predicted octanol–water partition coefficient (Wildman–Crippen LogP) is 3.73. The highest BCUT2D eigenvalue weighted by Gasteiger charge is 2.37. The van der Waals surface area contributed by atoms with Crippen molar-refractivity contribution in [3.05, 3.63) is 11.6 Å². The molecule has 0 spiro atoms. The number of nitrogens with zero attached hydrogens (tertiary/aromatic N) is 1. The number of hydrogen-bond acceptors (Lipinski definition) is 5. The zero-order valence-electron chi connectivity index (χ0n) is 16.7. The predicted molar refractivity (Wildman–Crippen MR) is 100.0 cm³/mol. The fourth-order valence-corrected chi connectivity index (χ4v) is 3.18. The lowest BCUT2D eigenvalue weighted by atomic mass is 10.1. The van der Waals surface area contributed by atoms with Crippen LogP contribution >= 0.6 is 0 Å². The Kier molecular flexibility index (Phi) is 7.68. The number of carbonyl (C=O) groups is 2. The van der Waals surface area contributed by atoms with Gasteiger partial charge in [-0.25, -0.2) is 4.79 Å². The topological polar surface area (TPSA) is 65.1 Å². The summed E-state index contributed by atoms with van der Waals surface area (Å²) in [5.74, 6) is -0.270. The minimum absolute atomic E-state index is 0.0861. The van der Waals surface area contributed by atoms with E-state index in [-0.39, 0.29) is 29.6 Å². The van der Waals surface area contributed by atoms with E-state index in [9.17, 15) is 9.59 Å². The van der Waals surface area contributed by atoms with Crippen LogP contribution in [0.4, 0.5) is 4.79 Å². The maximum Gasteiger partial charge on any atom is 0.410 e. The first-order valence-corrected chi connectivity index (χ1v) is 11.7. The van der Waals surface area contributed by atoms with Crippen LogP contribution in [0, 0.1) is 0 Å². The molecule has 144 valence electrons. The van der Waals surface area contributed by atoms with Crippen LogP contribution in [0.15, 0.2) is 11.6 Å². The summed E-state index contributed by atoms with van der Waals surface area (Å²) in [4.78, 5) is 24.9. The molecule has 0 aliphatic carbocycles. The van der Waals surface area contributed by atoms with E-state index in [4.69, 9.17) is 9.16 Å². The number of rotatable bonds is 8. The van der Waals surface area contributed by atoms with Gasteiger partial charge in [-0.15, -0.1) is 0 Å². The number of ether oxygens (including phenoxy) is 2. The average molecular weight is 372 g/mol. The molecule has 25 heavy (non-hydrogen) atoms. The Morgan fingerprint density at radius 1 is 1.40 bits per heavy atom. The van der Waals surface area contributed by atoms with Crippen LogP contribution in [0.1, 0.15) is 40.5 Å². The summed E-state index contributed by atoms with van der Waals surface area (Å²) >= 11 is 0. The molecular weight excluding hydrogens is 338 g/mol. The number of amides is 1. The number of hydrogen-bond donors (Lipinski definition) is 0. The zero-order chi connectivity index (χ0) is 19.3. The van der Waals surface area contributed by atoms with Crippen molar-refractivity contribution in [1.82, 2.24) is 4.90 Å². The van der Waals surface area contributed by atoms with Gasteiger partial charge in [-0.3, -0.25) is 9.69 Å². The highest BCUT2D eigenvalue weighted by atomic mass is 28.4. The van der Waals surface area contributed by atoms with Crippen molar-refractivity contribution >= 4 is 20.4 Å². The summed E-state index contributed by atoms with van der Waals surface area (Å²) in [6.45, 7) is 14.5. The first-order valence-electron chi connectivity index (χ1n) is 8.77. The molecule has 1 unspecified atom stereocenters. The van der Waals surface area contributed by atoms with E-state index in [1.807, 2.05) is 13.0 Å². The van der Waals surface area contributed by atoms with Gasteiger partial charge in [0.1, 0.15) is 6.61 Å². The lowest BCUT2D eigenvalue weighted by Gasteiger charge is -2.36. The Balaban J connectivity index is 2.56. The molecule has 1 amide bonds. The summed E-state index contributed by atoms with van der Waals surface area (Å²) < 4.78 is 16.0. The van der Waals surface area contributed by atoms with E-state index in [2.05, 4.69) is 38.6 Å². The highest BCUT2D eigenvalue weighted by molar-refractivity contribution is 6.74. The molecule has 0 saturated carbocycles. The molecule has 1 aliphatic rings. The van der Waals surface area contributed by atoms with Gasteiger partial charge in [-0.1, -0.05) is 32.4 Å². The van der Waals surface area contributed by atoms with Crippen molar-refractivity contribution in [3.63, 3.8) is 0 Å². The Hall–Kier alpha value is -1.34. The van der Waals surface area contributed by atoms with E-state index < -0.39 is 8.32 Å². The summed E-state index contributed by atoms with van der Waals surface area (Å²) in [5.41, 5.74) is 1.09. The number of cyclic esters (lactones) is 1. The molecular formula is C18H33NO5Si. The molecule has 1 aliphatic heterocycles. The molecule has 1 atom stereocenters. The van der Waals surface area contributed by atoms with Crippen LogP contribution in [0.5, 0.6) is 0 Å². The van der Waals surface area contributed by atoms with Gasteiger partial charge in [0, 0.05) is 13.0 Å². The molecule has 0 N–H and O–H groups in total. The largest absolute Gasteiger partial charge is 0.469 e. The second kappa shape index (κ2) is 8.85. The van der Waals surface area contributed by atoms with Crippen LogP contribution in [0.3, 0.4) is 0 Å². The third-order valence-corrected chi connectivity index (χ3v) is 9.57. The van der Waals surface area contributed by atoms with Crippen molar-refractivity contribution in [2.24, 2.45) is 0 Å². The van der Waals surface area contributed by atoms with E-state index >= 15 is 0 Å². The van der Waals surface area contributed by atoms with Gasteiger partial charge >= 0.3 is 12.1 Å². The van der Waals surface area contributed by atoms with Gasteiger partial charge in [-0.05, 0) is 31.5 Å². The molecule has 0 aromatic heterocycles. The molecule has 6 nitrogen and oxygen atoms in total. The van der Waals surface area contributed by atoms with E-state index in [1.54, 1.807) is 4.90 Å². The third kappa shape index (κ3) is 6.47. The van der Waals surface area contributed by atoms with Crippen LogP contribution < -0.4 is 0 Å². The molecule has 1 fully saturated rings. The quantitative estimate of drug-likeness (QED) is 0.369. The van der Waals surface area contributed by atoms with Crippen molar-refractivity contribution in [1.29, 1.82) is 0 Å². The smallest absolute Gasteiger partial charge is 0.410 e. The summed E-state index contributed by atoms with van der Waals surface area (Å²) in [6, 6.07) is -0.0861. The molecule has 0 bridgehead atoms. The van der Waals surface area contributed by atoms with Crippen LogP contribution in [0.2, 0.25) is 18.1 Å². The van der Waals surface area contributed by atoms with Gasteiger partial charge < -0.3 is 13.9 Å². The SMILES string of the molecule is COC(=O)CCC1COC(=O)N1C/C=C(\C)CO[Si](C)(C)C(C)(C)C. The molecule has 1 saturated heterocycles. The van der Waals surface area contributed by atoms with Crippen molar-refractivity contribution in [2.75, 3.05) is 26.9 Å². The van der Waals surface area contributed by atoms with Gasteiger partial charge in [0.2, 0.25) is 0 Å². The maximum atomic E-state index is 11.9. The molecule has 0 aromatic carbocycles. The second-order valence-electron chi connectivity index (χ2n) is 8.10. The number of esters is 1. The lowest BCUT2D eigenvalue weighted by Crippen LogP contribution is -2.41. The molecule has 7 heteroatoms. The first kappa shape index (κ1) is 21.7. The third-order valence-electron chi connectivity index (χ3n) is 5.09. The standard InChI is InChI=1S/C18H33NO5Si/c1-14(12-24-25(6,7)18(2,3)4)10-11-19-15(13-23-17(19)21)8-9-16(20)22-5/h10,15H,8-9,11-13H2,1-7H3/b14-10+. The summed E-state index contributed by atoms with van der Waals surface area (Å²) in [6.07, 6.45) is 2.51. The molecule has 0 radical (unpaired) electrons. The minimum Gasteiger partial charge on any atom is -0.469 e. The Morgan fingerprint density at radius 2 is 2.04 bits per heavy atom. The number of carbonyl (C=O) groups excluding carboxylic acids is 2. The van der Waals surface area contributed by atoms with Crippen LogP contribution in [-0.4, -0.2) is 58.2 Å². The minimum atomic E-state index is -1.78. The molecule has 1 heterocycles. The second-order valence-corrected chi connectivity index (χ2v) is 12.9. The van der Waals surface area contributed by atoms with Crippen molar-refractivity contribution in [2.45, 2.75) is 64.7 Å². The normalized spacial score (nSPS) is 19.2. The van der Waals surface area contributed by atoms with Gasteiger partial charge in [0.05, 0.1) is 19.8 Å². The van der Waals surface area contributed by atoms with E-state index in [0.717, 1.165) is 5.57 Å². The fourth-order valence-electron chi connectivity index (χ4n) is 2.16. The van der Waals surface area contributed by atoms with Gasteiger partial charge in [-0.2, -0.15) is 0 Å². The molecule has 0 aromatic rings. The Labute approximate surface area is 152 Å². The monoisotopic (exact) mass is 371 g/mol. The Morgan fingerprint density at radius 3 is 2.60 bits per heavy atom. The lowest BCUT2D eigenvalue weighted by molar-refractivity contribution is -0.140. The van der Waals surface area contributed by atoms with Crippen LogP contribution in [-0.2, 0) is 18.7 Å². The maximum absolute atomic E-state index is 11.9. The van der Waals surface area contributed by atoms with Crippen LogP contribution in [0.25, 0.3) is 0 Å². The van der Waals surface area contributed by atoms with E-state index in [1.165, 1.54) is 7.11 Å². The Bertz CT molecular complexity index is 510. The first-order chi connectivity index (χ1) is 11.5. The highest BCUT2D eigenvalue weighted by Crippen LogP contribution is 2.36. The summed E-state index contributed by atoms with van der Waals surface area (Å²) in [7, 11) is -0.416. The van der Waals surface area contributed by atoms with Gasteiger partial charge in [0.15, 0.2) is 8.32 Å². The van der Waals surface area contributed by atoms with E-state index in [0.29, 0.717) is 26.2 Å². The van der Waals surface area contributed by atoms with Crippen molar-refractivity contribution in [3.8, 4) is 0 Å². The average Bonchev–Trinajstić information content (AvgIpc) is 2.87.